The molecule has 0 unspecified atom stereocenters. The molecule has 0 aromatic heterocycles. The number of hydrogen-bond donors (Lipinski definition) is 1. The predicted molar refractivity (Wildman–Crippen MR) is 156 cm³/mol. The van der Waals surface area contributed by atoms with Crippen molar-refractivity contribution in [1.82, 2.24) is 0 Å². The highest BCUT2D eigenvalue weighted by molar-refractivity contribution is 7.86. The largest absolute Gasteiger partial charge is 0.295 e. The Morgan fingerprint density at radius 1 is 0.556 bits per heavy atom. The van der Waals surface area contributed by atoms with Crippen molar-refractivity contribution >= 4 is 20.9 Å². The summed E-state index contributed by atoms with van der Waals surface area (Å²) in [7, 11) is -4.25. The third kappa shape index (κ3) is 11.8. The molecule has 0 aliphatic heterocycles. The molecule has 0 amide bonds. The Balaban J connectivity index is 1.88. The summed E-state index contributed by atoms with van der Waals surface area (Å²) in [5.41, 5.74) is 2.35. The summed E-state index contributed by atoms with van der Waals surface area (Å²) < 4.78 is 34.0. The minimum absolute atomic E-state index is 0.0438. The van der Waals surface area contributed by atoms with E-state index in [1.54, 1.807) is 6.07 Å². The van der Waals surface area contributed by atoms with Crippen molar-refractivity contribution in [1.29, 1.82) is 0 Å². The van der Waals surface area contributed by atoms with Crippen LogP contribution in [0.4, 0.5) is 0 Å². The highest BCUT2D eigenvalue weighted by Gasteiger charge is 2.16. The minimum atomic E-state index is -4.25. The molecule has 0 aliphatic rings. The van der Waals surface area contributed by atoms with E-state index in [-0.39, 0.29) is 4.90 Å². The molecular formula is C32H52O3S. The van der Waals surface area contributed by atoms with Gasteiger partial charge >= 0.3 is 0 Å². The summed E-state index contributed by atoms with van der Waals surface area (Å²) in [6.45, 7) is 4.51. The van der Waals surface area contributed by atoms with Gasteiger partial charge in [0.05, 0.1) is 0 Å². The van der Waals surface area contributed by atoms with Crippen LogP contribution in [0.1, 0.15) is 141 Å². The Hall–Kier alpha value is -1.39. The first-order chi connectivity index (χ1) is 17.5. The first kappa shape index (κ1) is 30.8. The number of unbranched alkanes of at least 4 members (excludes halogenated alkanes) is 16. The van der Waals surface area contributed by atoms with Gasteiger partial charge in [-0.05, 0) is 54.3 Å². The smallest absolute Gasteiger partial charge is 0.282 e. The summed E-state index contributed by atoms with van der Waals surface area (Å²) in [5, 5.41) is 1.65. The molecule has 4 heteroatoms. The van der Waals surface area contributed by atoms with Gasteiger partial charge in [0, 0.05) is 5.39 Å². The first-order valence-electron chi connectivity index (χ1n) is 15.0. The molecule has 204 valence electrons. The van der Waals surface area contributed by atoms with Gasteiger partial charge in [-0.1, -0.05) is 135 Å². The lowest BCUT2D eigenvalue weighted by atomic mass is 9.96. The maximum absolute atomic E-state index is 12.1. The van der Waals surface area contributed by atoms with Crippen LogP contribution < -0.4 is 0 Å². The molecule has 0 spiro atoms. The number of aryl methyl sites for hydroxylation is 2. The quantitative estimate of drug-likeness (QED) is 0.133. The second-order valence-electron chi connectivity index (χ2n) is 10.7. The number of hydrogen-bond acceptors (Lipinski definition) is 2. The van der Waals surface area contributed by atoms with Gasteiger partial charge in [0.15, 0.2) is 0 Å². The molecule has 2 rings (SSSR count). The van der Waals surface area contributed by atoms with Crippen LogP contribution in [0.25, 0.3) is 10.8 Å². The predicted octanol–water partition coefficient (Wildman–Crippen LogP) is 10.2. The van der Waals surface area contributed by atoms with Crippen LogP contribution in [0.15, 0.2) is 35.2 Å². The van der Waals surface area contributed by atoms with Gasteiger partial charge in [0.1, 0.15) is 4.90 Å². The fourth-order valence-corrected chi connectivity index (χ4v) is 5.98. The molecule has 36 heavy (non-hydrogen) atoms. The van der Waals surface area contributed by atoms with Gasteiger partial charge < -0.3 is 0 Å². The van der Waals surface area contributed by atoms with Gasteiger partial charge in [-0.15, -0.1) is 0 Å². The van der Waals surface area contributed by atoms with Gasteiger partial charge in [-0.3, -0.25) is 4.55 Å². The molecule has 3 nitrogen and oxygen atoms in total. The Kier molecular flexibility index (Phi) is 15.4. The Bertz CT molecular complexity index is 965. The van der Waals surface area contributed by atoms with E-state index in [2.05, 4.69) is 26.0 Å². The van der Waals surface area contributed by atoms with Crippen LogP contribution in [0, 0.1) is 0 Å². The van der Waals surface area contributed by atoms with Crippen molar-refractivity contribution in [2.45, 2.75) is 147 Å². The Morgan fingerprint density at radius 2 is 1.03 bits per heavy atom. The van der Waals surface area contributed by atoms with E-state index < -0.39 is 10.1 Å². The molecule has 0 fully saturated rings. The Morgan fingerprint density at radius 3 is 1.53 bits per heavy atom. The highest BCUT2D eigenvalue weighted by Crippen LogP contribution is 2.29. The number of rotatable bonds is 21. The number of fused-ring (bicyclic) bond motifs is 1. The summed E-state index contributed by atoms with van der Waals surface area (Å²) in [4.78, 5) is 0.0438. The van der Waals surface area contributed by atoms with E-state index in [1.807, 2.05) is 12.1 Å². The lowest BCUT2D eigenvalue weighted by Crippen LogP contribution is -2.01. The lowest BCUT2D eigenvalue weighted by Gasteiger charge is -2.12. The van der Waals surface area contributed by atoms with Crippen molar-refractivity contribution in [3.8, 4) is 0 Å². The highest BCUT2D eigenvalue weighted by atomic mass is 32.2. The van der Waals surface area contributed by atoms with Crippen LogP contribution in [0.5, 0.6) is 0 Å². The first-order valence-corrected chi connectivity index (χ1v) is 16.4. The molecule has 0 saturated heterocycles. The van der Waals surface area contributed by atoms with Gasteiger partial charge in [-0.25, -0.2) is 0 Å². The maximum atomic E-state index is 12.1. The maximum Gasteiger partial charge on any atom is 0.295 e. The fraction of sp³-hybridized carbons (Fsp3) is 0.688. The fourth-order valence-electron chi connectivity index (χ4n) is 5.30. The van der Waals surface area contributed by atoms with Crippen molar-refractivity contribution in [3.05, 3.63) is 41.5 Å². The third-order valence-electron chi connectivity index (χ3n) is 7.53. The molecule has 0 aliphatic carbocycles. The monoisotopic (exact) mass is 516 g/mol. The summed E-state index contributed by atoms with van der Waals surface area (Å²) in [6, 6.07) is 9.74. The summed E-state index contributed by atoms with van der Waals surface area (Å²) >= 11 is 0. The zero-order valence-corrected chi connectivity index (χ0v) is 24.0. The second-order valence-corrected chi connectivity index (χ2v) is 12.1. The third-order valence-corrected chi connectivity index (χ3v) is 8.44. The normalized spacial score (nSPS) is 12.0. The molecule has 0 saturated carbocycles. The lowest BCUT2D eigenvalue weighted by molar-refractivity contribution is 0.484. The zero-order chi connectivity index (χ0) is 26.1. The van der Waals surface area contributed by atoms with E-state index in [0.717, 1.165) is 36.6 Å². The Labute approximate surface area is 222 Å². The standard InChI is InChI=1S/C32H52O3S/c1-3-5-7-9-11-13-15-17-19-21-28-23-25-30-29(22-20-18-16-14-12-10-8-6-4-2)24-26-32(31(30)27-28)36(33,34)35/h23-27H,3-22H2,1-2H3,(H,33,34,35). The van der Waals surface area contributed by atoms with Gasteiger partial charge in [-0.2, -0.15) is 8.42 Å². The molecule has 0 atom stereocenters. The van der Waals surface area contributed by atoms with E-state index in [9.17, 15) is 13.0 Å². The van der Waals surface area contributed by atoms with Gasteiger partial charge in [0.25, 0.3) is 10.1 Å². The van der Waals surface area contributed by atoms with Crippen molar-refractivity contribution in [3.63, 3.8) is 0 Å². The molecule has 0 heterocycles. The molecular weight excluding hydrogens is 464 g/mol. The second kappa shape index (κ2) is 18.0. The molecule has 0 bridgehead atoms. The van der Waals surface area contributed by atoms with E-state index >= 15 is 0 Å². The summed E-state index contributed by atoms with van der Waals surface area (Å²) in [6.07, 6.45) is 25.2. The van der Waals surface area contributed by atoms with Crippen LogP contribution in [-0.4, -0.2) is 13.0 Å². The van der Waals surface area contributed by atoms with Crippen LogP contribution in [0.2, 0.25) is 0 Å². The summed E-state index contributed by atoms with van der Waals surface area (Å²) in [5.74, 6) is 0. The average molecular weight is 517 g/mol. The van der Waals surface area contributed by atoms with E-state index in [4.69, 9.17) is 0 Å². The van der Waals surface area contributed by atoms with Crippen LogP contribution in [-0.2, 0) is 23.0 Å². The van der Waals surface area contributed by atoms with Crippen molar-refractivity contribution < 1.29 is 13.0 Å². The molecule has 1 N–H and O–H groups in total. The number of benzene rings is 2. The van der Waals surface area contributed by atoms with Crippen molar-refractivity contribution in [2.24, 2.45) is 0 Å². The van der Waals surface area contributed by atoms with E-state index in [0.29, 0.717) is 5.39 Å². The van der Waals surface area contributed by atoms with E-state index in [1.165, 1.54) is 108 Å². The van der Waals surface area contributed by atoms with Crippen LogP contribution >= 0.6 is 0 Å². The van der Waals surface area contributed by atoms with Crippen molar-refractivity contribution in [2.75, 3.05) is 0 Å². The minimum Gasteiger partial charge on any atom is -0.282 e. The average Bonchev–Trinajstić information content (AvgIpc) is 2.85. The molecule has 2 aromatic rings. The topological polar surface area (TPSA) is 54.4 Å². The molecule has 0 radical (unpaired) electrons. The molecule has 2 aromatic carbocycles. The SMILES string of the molecule is CCCCCCCCCCCc1ccc2c(CCCCCCCCCCC)ccc(S(=O)(=O)O)c2c1. The van der Waals surface area contributed by atoms with Gasteiger partial charge in [0.2, 0.25) is 0 Å². The zero-order valence-electron chi connectivity index (χ0n) is 23.2. The van der Waals surface area contributed by atoms with Crippen LogP contribution in [0.3, 0.4) is 0 Å².